The molecule has 2 aliphatic rings. The first kappa shape index (κ1) is 26.3. The van der Waals surface area contributed by atoms with Crippen molar-refractivity contribution in [2.24, 2.45) is 16.7 Å². The molecular formula is C25H34N4O6S. The molecule has 3 amide bonds. The molecule has 0 bridgehead atoms. The van der Waals surface area contributed by atoms with Crippen molar-refractivity contribution in [1.29, 1.82) is 0 Å². The van der Waals surface area contributed by atoms with Gasteiger partial charge in [0.1, 0.15) is 0 Å². The number of aromatic nitrogens is 1. The van der Waals surface area contributed by atoms with Gasteiger partial charge in [0.05, 0.1) is 24.7 Å². The van der Waals surface area contributed by atoms with Crippen LogP contribution in [-0.2, 0) is 16.0 Å². The van der Waals surface area contributed by atoms with Crippen molar-refractivity contribution in [3.8, 4) is 0 Å². The van der Waals surface area contributed by atoms with Gasteiger partial charge in [0.25, 0.3) is 5.91 Å². The van der Waals surface area contributed by atoms with Crippen molar-refractivity contribution < 1.29 is 29.0 Å². The van der Waals surface area contributed by atoms with Gasteiger partial charge in [-0.3, -0.25) is 19.7 Å². The molecule has 0 aliphatic heterocycles. The molecule has 10 nitrogen and oxygen atoms in total. The third-order valence-corrected chi connectivity index (χ3v) is 9.08. The first-order chi connectivity index (χ1) is 17.1. The maximum absolute atomic E-state index is 13.0. The average molecular weight is 519 g/mol. The van der Waals surface area contributed by atoms with Gasteiger partial charge in [-0.1, -0.05) is 13.8 Å². The fourth-order valence-electron chi connectivity index (χ4n) is 5.96. The standard InChI is InChI=1S/C25H34N4O6S/c1-14(31)26-8-9-27-20(33)11-15-21-17(36-23(28-21)29-22(34)16-5-4-10-35-16)12-18-24(15,2)7-6-19(32)25(18,3)13-30/h4-5,10,15,18-19,30,32H,6-9,11-13H2,1-3H3,(H,26,31)(H,27,33)(H,28,29,34). The second-order valence-electron chi connectivity index (χ2n) is 10.3. The summed E-state index contributed by atoms with van der Waals surface area (Å²) in [5.41, 5.74) is -0.344. The summed E-state index contributed by atoms with van der Waals surface area (Å²) in [4.78, 5) is 42.4. The van der Waals surface area contributed by atoms with E-state index < -0.39 is 22.8 Å². The molecule has 2 heterocycles. The number of furan rings is 1. The Morgan fingerprint density at radius 2 is 2.00 bits per heavy atom. The number of aliphatic hydroxyl groups is 2. The van der Waals surface area contributed by atoms with Gasteiger partial charge in [0, 0.05) is 42.6 Å². The summed E-state index contributed by atoms with van der Waals surface area (Å²) in [5.74, 6) is -0.905. The molecule has 5 atom stereocenters. The average Bonchev–Trinajstić information content (AvgIpc) is 3.51. The van der Waals surface area contributed by atoms with Crippen LogP contribution in [0.3, 0.4) is 0 Å². The van der Waals surface area contributed by atoms with E-state index >= 15 is 0 Å². The number of nitrogens with one attached hydrogen (secondary N) is 3. The van der Waals surface area contributed by atoms with Crippen LogP contribution in [0.15, 0.2) is 22.8 Å². The highest BCUT2D eigenvalue weighted by Gasteiger charge is 2.59. The van der Waals surface area contributed by atoms with Gasteiger partial charge < -0.3 is 25.3 Å². The minimum absolute atomic E-state index is 0.0856. The topological polar surface area (TPSA) is 154 Å². The zero-order valence-electron chi connectivity index (χ0n) is 20.8. The molecule has 5 N–H and O–H groups in total. The smallest absolute Gasteiger partial charge is 0.293 e. The fourth-order valence-corrected chi connectivity index (χ4v) is 7.03. The third-order valence-electron chi connectivity index (χ3n) is 8.07. The van der Waals surface area contributed by atoms with E-state index in [1.165, 1.54) is 24.5 Å². The van der Waals surface area contributed by atoms with Crippen LogP contribution in [-0.4, -0.2) is 58.7 Å². The summed E-state index contributed by atoms with van der Waals surface area (Å²) >= 11 is 1.36. The number of carbonyl (C=O) groups excluding carboxylic acids is 3. The molecule has 4 rings (SSSR count). The van der Waals surface area contributed by atoms with Crippen LogP contribution in [0, 0.1) is 16.7 Å². The predicted octanol–water partition coefficient (Wildman–Crippen LogP) is 2.05. The van der Waals surface area contributed by atoms with E-state index in [4.69, 9.17) is 9.40 Å². The van der Waals surface area contributed by atoms with E-state index in [0.29, 0.717) is 37.5 Å². The van der Waals surface area contributed by atoms with Crippen molar-refractivity contribution >= 4 is 34.2 Å². The molecular weight excluding hydrogens is 484 g/mol. The molecule has 2 aromatic rings. The number of hydrogen-bond donors (Lipinski definition) is 5. The Labute approximate surface area is 213 Å². The monoisotopic (exact) mass is 518 g/mol. The van der Waals surface area contributed by atoms with Gasteiger partial charge >= 0.3 is 0 Å². The quantitative estimate of drug-likeness (QED) is 0.335. The summed E-state index contributed by atoms with van der Waals surface area (Å²) in [6.45, 7) is 5.94. The zero-order valence-corrected chi connectivity index (χ0v) is 21.6. The Morgan fingerprint density at radius 1 is 1.25 bits per heavy atom. The van der Waals surface area contributed by atoms with Crippen LogP contribution in [0.25, 0.3) is 0 Å². The Bertz CT molecular complexity index is 1120. The molecule has 11 heteroatoms. The Kier molecular flexibility index (Phi) is 7.53. The largest absolute Gasteiger partial charge is 0.459 e. The Balaban J connectivity index is 1.63. The van der Waals surface area contributed by atoms with Gasteiger partial charge in [-0.15, -0.1) is 11.3 Å². The molecule has 0 saturated heterocycles. The van der Waals surface area contributed by atoms with Crippen LogP contribution in [0.4, 0.5) is 5.13 Å². The lowest BCUT2D eigenvalue weighted by Gasteiger charge is -2.58. The van der Waals surface area contributed by atoms with Gasteiger partial charge in [-0.2, -0.15) is 0 Å². The number of fused-ring (bicyclic) bond motifs is 2. The third kappa shape index (κ3) is 4.91. The number of amides is 3. The fraction of sp³-hybridized carbons (Fsp3) is 0.600. The highest BCUT2D eigenvalue weighted by Crippen LogP contribution is 2.62. The SMILES string of the molecule is CC(=O)NCCNC(=O)CC1c2nc(NC(=O)c3ccco3)sc2CC2C(C)(CO)C(O)CCC12C. The van der Waals surface area contributed by atoms with Crippen molar-refractivity contribution in [3.63, 3.8) is 0 Å². The Morgan fingerprint density at radius 3 is 2.67 bits per heavy atom. The number of hydrogen-bond acceptors (Lipinski definition) is 8. The lowest BCUT2D eigenvalue weighted by molar-refractivity contribution is -0.144. The number of carbonyl (C=O) groups is 3. The minimum atomic E-state index is -0.730. The summed E-state index contributed by atoms with van der Waals surface area (Å²) in [6.07, 6.45) is 2.74. The van der Waals surface area contributed by atoms with Crippen LogP contribution in [0.5, 0.6) is 0 Å². The molecule has 196 valence electrons. The molecule has 2 aromatic heterocycles. The number of rotatable bonds is 8. The van der Waals surface area contributed by atoms with Crippen molar-refractivity contribution in [2.45, 2.75) is 58.5 Å². The van der Waals surface area contributed by atoms with Crippen molar-refractivity contribution in [3.05, 3.63) is 34.7 Å². The van der Waals surface area contributed by atoms with Gasteiger partial charge in [-0.05, 0) is 42.7 Å². The lowest BCUT2D eigenvalue weighted by atomic mass is 9.47. The van der Waals surface area contributed by atoms with E-state index in [0.717, 1.165) is 10.6 Å². The molecule has 0 spiro atoms. The Hall–Kier alpha value is -2.76. The second kappa shape index (κ2) is 10.3. The van der Waals surface area contributed by atoms with E-state index in [1.807, 2.05) is 6.92 Å². The van der Waals surface area contributed by atoms with Crippen molar-refractivity contribution in [2.75, 3.05) is 25.0 Å². The molecule has 1 fully saturated rings. The second-order valence-corrected chi connectivity index (χ2v) is 11.4. The molecule has 5 unspecified atom stereocenters. The van der Waals surface area contributed by atoms with E-state index in [1.54, 1.807) is 12.1 Å². The molecule has 0 aromatic carbocycles. The summed E-state index contributed by atoms with van der Waals surface area (Å²) in [5, 5.41) is 30.0. The van der Waals surface area contributed by atoms with E-state index in [-0.39, 0.29) is 42.4 Å². The molecule has 36 heavy (non-hydrogen) atoms. The molecule has 0 radical (unpaired) electrons. The maximum Gasteiger partial charge on any atom is 0.293 e. The van der Waals surface area contributed by atoms with E-state index in [9.17, 15) is 24.6 Å². The molecule has 2 aliphatic carbocycles. The molecule has 1 saturated carbocycles. The zero-order chi connectivity index (χ0) is 26.1. The van der Waals surface area contributed by atoms with Crippen LogP contribution in [0.2, 0.25) is 0 Å². The maximum atomic E-state index is 13.0. The summed E-state index contributed by atoms with van der Waals surface area (Å²) in [7, 11) is 0. The number of anilines is 1. The number of aliphatic hydroxyl groups excluding tert-OH is 2. The van der Waals surface area contributed by atoms with Crippen LogP contribution in [0.1, 0.15) is 67.1 Å². The first-order valence-electron chi connectivity index (χ1n) is 12.2. The number of nitrogens with zero attached hydrogens (tertiary/aromatic N) is 1. The normalized spacial score (nSPS) is 29.1. The predicted molar refractivity (Wildman–Crippen MR) is 134 cm³/mol. The van der Waals surface area contributed by atoms with E-state index in [2.05, 4.69) is 22.9 Å². The van der Waals surface area contributed by atoms with Crippen molar-refractivity contribution in [1.82, 2.24) is 15.6 Å². The van der Waals surface area contributed by atoms with Gasteiger partial charge in [0.15, 0.2) is 10.9 Å². The highest BCUT2D eigenvalue weighted by molar-refractivity contribution is 7.15. The summed E-state index contributed by atoms with van der Waals surface area (Å²) < 4.78 is 5.18. The van der Waals surface area contributed by atoms with Gasteiger partial charge in [0.2, 0.25) is 11.8 Å². The van der Waals surface area contributed by atoms with Crippen LogP contribution >= 0.6 is 11.3 Å². The first-order valence-corrected chi connectivity index (χ1v) is 13.0. The van der Waals surface area contributed by atoms with Crippen LogP contribution < -0.4 is 16.0 Å². The summed E-state index contributed by atoms with van der Waals surface area (Å²) in [6, 6.07) is 3.20. The highest BCUT2D eigenvalue weighted by atomic mass is 32.1. The van der Waals surface area contributed by atoms with Gasteiger partial charge in [-0.25, -0.2) is 4.98 Å². The lowest BCUT2D eigenvalue weighted by Crippen LogP contribution is -2.57. The minimum Gasteiger partial charge on any atom is -0.459 e. The number of thiazole rings is 1.